The zero-order valence-electron chi connectivity index (χ0n) is 16.6. The number of tetrazole rings is 1. The summed E-state index contributed by atoms with van der Waals surface area (Å²) in [5.41, 5.74) is 0.527. The standard InChI is InChI=1S/C20H27N7O2/c28-19(8-14-27-15-22-23-24-27)25-10-4-16(5-11-25)17-6-12-26(13-7-17)20(29)18-3-1-2-9-21-18/h1-3,9,15-17H,4-8,10-14H2. The number of nitrogens with zero attached hydrogens (tertiary/aromatic N) is 7. The highest BCUT2D eigenvalue weighted by Gasteiger charge is 2.32. The van der Waals surface area contributed by atoms with Gasteiger partial charge in [-0.15, -0.1) is 5.10 Å². The van der Waals surface area contributed by atoms with Gasteiger partial charge in [0.05, 0.1) is 6.54 Å². The minimum absolute atomic E-state index is 0.0343. The second-order valence-electron chi connectivity index (χ2n) is 7.89. The normalized spacial score (nSPS) is 18.8. The highest BCUT2D eigenvalue weighted by Crippen LogP contribution is 2.33. The van der Waals surface area contributed by atoms with Gasteiger partial charge < -0.3 is 9.80 Å². The Morgan fingerprint density at radius 2 is 1.66 bits per heavy atom. The van der Waals surface area contributed by atoms with Crippen molar-refractivity contribution in [2.24, 2.45) is 11.8 Å². The predicted octanol–water partition coefficient (Wildman–Crippen LogP) is 1.25. The molecular weight excluding hydrogens is 370 g/mol. The molecule has 2 fully saturated rings. The lowest BCUT2D eigenvalue weighted by atomic mass is 9.78. The van der Waals surface area contributed by atoms with Gasteiger partial charge in [-0.25, -0.2) is 4.68 Å². The fraction of sp³-hybridized carbons (Fsp3) is 0.600. The van der Waals surface area contributed by atoms with Crippen molar-refractivity contribution < 1.29 is 9.59 Å². The van der Waals surface area contributed by atoms with E-state index in [0.29, 0.717) is 30.5 Å². The number of aryl methyl sites for hydroxylation is 1. The molecule has 4 heterocycles. The van der Waals surface area contributed by atoms with Crippen LogP contribution in [0, 0.1) is 11.8 Å². The number of carbonyl (C=O) groups is 2. The Morgan fingerprint density at radius 3 is 2.24 bits per heavy atom. The van der Waals surface area contributed by atoms with E-state index in [2.05, 4.69) is 20.5 Å². The van der Waals surface area contributed by atoms with Crippen molar-refractivity contribution in [3.63, 3.8) is 0 Å². The first-order valence-corrected chi connectivity index (χ1v) is 10.4. The van der Waals surface area contributed by atoms with E-state index in [9.17, 15) is 9.59 Å². The minimum atomic E-state index is 0.0343. The molecule has 0 spiro atoms. The van der Waals surface area contributed by atoms with Crippen LogP contribution in [0.1, 0.15) is 42.6 Å². The van der Waals surface area contributed by atoms with Crippen LogP contribution in [0.4, 0.5) is 0 Å². The van der Waals surface area contributed by atoms with Crippen molar-refractivity contribution in [2.45, 2.75) is 38.6 Å². The average Bonchev–Trinajstić information content (AvgIpc) is 3.31. The van der Waals surface area contributed by atoms with Crippen LogP contribution in [0.15, 0.2) is 30.7 Å². The Kier molecular flexibility index (Phi) is 6.12. The fourth-order valence-electron chi connectivity index (χ4n) is 4.50. The van der Waals surface area contributed by atoms with Crippen molar-refractivity contribution >= 4 is 11.8 Å². The molecule has 0 aromatic carbocycles. The smallest absolute Gasteiger partial charge is 0.272 e. The Hall–Kier alpha value is -2.84. The summed E-state index contributed by atoms with van der Waals surface area (Å²) in [6.07, 6.45) is 7.81. The molecule has 0 atom stereocenters. The summed E-state index contributed by atoms with van der Waals surface area (Å²) < 4.78 is 1.59. The van der Waals surface area contributed by atoms with E-state index in [1.54, 1.807) is 16.9 Å². The second-order valence-corrected chi connectivity index (χ2v) is 7.89. The van der Waals surface area contributed by atoms with Gasteiger partial charge in [0.1, 0.15) is 12.0 Å². The summed E-state index contributed by atoms with van der Waals surface area (Å²) in [6, 6.07) is 5.46. The quantitative estimate of drug-likeness (QED) is 0.753. The van der Waals surface area contributed by atoms with Crippen LogP contribution in [0.2, 0.25) is 0 Å². The number of likely N-dealkylation sites (tertiary alicyclic amines) is 2. The highest BCUT2D eigenvalue weighted by molar-refractivity contribution is 5.92. The van der Waals surface area contributed by atoms with Crippen molar-refractivity contribution in [3.05, 3.63) is 36.4 Å². The summed E-state index contributed by atoms with van der Waals surface area (Å²) in [5.74, 6) is 1.49. The van der Waals surface area contributed by atoms with Crippen molar-refractivity contribution in [3.8, 4) is 0 Å². The predicted molar refractivity (Wildman–Crippen MR) is 105 cm³/mol. The molecule has 0 radical (unpaired) electrons. The van der Waals surface area contributed by atoms with E-state index in [1.807, 2.05) is 21.9 Å². The maximum absolute atomic E-state index is 12.6. The number of aromatic nitrogens is 5. The van der Waals surface area contributed by atoms with Crippen molar-refractivity contribution in [1.29, 1.82) is 0 Å². The molecule has 9 heteroatoms. The first kappa shape index (κ1) is 19.5. The van der Waals surface area contributed by atoms with Crippen molar-refractivity contribution in [1.82, 2.24) is 35.0 Å². The van der Waals surface area contributed by atoms with Gasteiger partial charge in [-0.3, -0.25) is 14.6 Å². The topological polar surface area (TPSA) is 97.1 Å². The number of piperidine rings is 2. The zero-order valence-corrected chi connectivity index (χ0v) is 16.6. The Morgan fingerprint density at radius 1 is 0.966 bits per heavy atom. The van der Waals surface area contributed by atoms with Crippen LogP contribution in [0.5, 0.6) is 0 Å². The first-order chi connectivity index (χ1) is 14.2. The molecule has 2 aliphatic rings. The van der Waals surface area contributed by atoms with Crippen molar-refractivity contribution in [2.75, 3.05) is 26.2 Å². The van der Waals surface area contributed by atoms with Crippen LogP contribution in [-0.4, -0.2) is 73.0 Å². The molecule has 0 N–H and O–H groups in total. The van der Waals surface area contributed by atoms with E-state index >= 15 is 0 Å². The van der Waals surface area contributed by atoms with Gasteiger partial charge in [-0.2, -0.15) is 0 Å². The molecule has 2 saturated heterocycles. The van der Waals surface area contributed by atoms with Crippen LogP contribution < -0.4 is 0 Å². The van der Waals surface area contributed by atoms with Gasteiger partial charge in [0.25, 0.3) is 5.91 Å². The van der Waals surface area contributed by atoms with E-state index in [4.69, 9.17) is 0 Å². The molecule has 2 aliphatic heterocycles. The summed E-state index contributed by atoms with van der Waals surface area (Å²) in [4.78, 5) is 33.1. The third-order valence-corrected chi connectivity index (χ3v) is 6.22. The molecule has 2 aromatic rings. The lowest BCUT2D eigenvalue weighted by molar-refractivity contribution is -0.133. The first-order valence-electron chi connectivity index (χ1n) is 10.4. The molecule has 0 aliphatic carbocycles. The second kappa shape index (κ2) is 9.11. The van der Waals surface area contributed by atoms with E-state index in [-0.39, 0.29) is 11.8 Å². The summed E-state index contributed by atoms with van der Waals surface area (Å²) in [6.45, 7) is 3.77. The Labute approximate surface area is 170 Å². The maximum atomic E-state index is 12.6. The molecule has 0 bridgehead atoms. The molecule has 2 aromatic heterocycles. The van der Waals surface area contributed by atoms with Crippen LogP contribution in [0.25, 0.3) is 0 Å². The minimum Gasteiger partial charge on any atom is -0.343 e. The highest BCUT2D eigenvalue weighted by atomic mass is 16.2. The molecule has 2 amide bonds. The SMILES string of the molecule is O=C(CCn1cnnn1)N1CCC(C2CCN(C(=O)c3ccccn3)CC2)CC1. The lowest BCUT2D eigenvalue weighted by Crippen LogP contribution is -2.44. The monoisotopic (exact) mass is 397 g/mol. The molecule has 9 nitrogen and oxygen atoms in total. The molecule has 29 heavy (non-hydrogen) atoms. The molecule has 0 saturated carbocycles. The summed E-state index contributed by atoms with van der Waals surface area (Å²) in [5, 5.41) is 11.0. The number of hydrogen-bond donors (Lipinski definition) is 0. The van der Waals surface area contributed by atoms with Gasteiger partial charge in [-0.1, -0.05) is 6.07 Å². The number of amides is 2. The molecule has 154 valence electrons. The summed E-state index contributed by atoms with van der Waals surface area (Å²) >= 11 is 0. The maximum Gasteiger partial charge on any atom is 0.272 e. The molecule has 4 rings (SSSR count). The van der Waals surface area contributed by atoms with E-state index < -0.39 is 0 Å². The van der Waals surface area contributed by atoms with Gasteiger partial charge in [0.15, 0.2) is 0 Å². The number of pyridine rings is 1. The van der Waals surface area contributed by atoms with Crippen LogP contribution in [0.3, 0.4) is 0 Å². The zero-order chi connectivity index (χ0) is 20.1. The average molecular weight is 397 g/mol. The van der Waals surface area contributed by atoms with E-state index in [0.717, 1.165) is 51.9 Å². The number of hydrogen-bond acceptors (Lipinski definition) is 6. The van der Waals surface area contributed by atoms with Gasteiger partial charge in [0.2, 0.25) is 5.91 Å². The Bertz CT molecular complexity index is 796. The fourth-order valence-corrected chi connectivity index (χ4v) is 4.50. The lowest BCUT2D eigenvalue weighted by Gasteiger charge is -2.40. The van der Waals surface area contributed by atoms with Gasteiger partial charge in [-0.05, 0) is 60.1 Å². The van der Waals surface area contributed by atoms with Gasteiger partial charge in [0, 0.05) is 38.8 Å². The third kappa shape index (κ3) is 4.78. The third-order valence-electron chi connectivity index (χ3n) is 6.22. The van der Waals surface area contributed by atoms with Gasteiger partial charge >= 0.3 is 0 Å². The number of carbonyl (C=O) groups excluding carboxylic acids is 2. The molecular formula is C20H27N7O2. The number of rotatable bonds is 5. The largest absolute Gasteiger partial charge is 0.343 e. The Balaban J connectivity index is 1.20. The molecule has 0 unspecified atom stereocenters. The van der Waals surface area contributed by atoms with E-state index in [1.165, 1.54) is 6.33 Å². The van der Waals surface area contributed by atoms with Crippen LogP contribution in [-0.2, 0) is 11.3 Å². The van der Waals surface area contributed by atoms with Crippen LogP contribution >= 0.6 is 0 Å². The summed E-state index contributed by atoms with van der Waals surface area (Å²) in [7, 11) is 0.